The first-order chi connectivity index (χ1) is 31.2. The molecular weight excluding hydrogens is 793 g/mol. The fourth-order valence-electron chi connectivity index (χ4n) is 9.02. The molecule has 294 valence electrons. The Morgan fingerprint density at radius 1 is 0.270 bits per heavy atom. The van der Waals surface area contributed by atoms with Gasteiger partial charge < -0.3 is 0 Å². The zero-order chi connectivity index (χ0) is 41.4. The maximum Gasteiger partial charge on any atom is 0.238 e. The van der Waals surface area contributed by atoms with Gasteiger partial charge in [0.25, 0.3) is 0 Å². The van der Waals surface area contributed by atoms with Gasteiger partial charge in [-0.3, -0.25) is 9.13 Å². The molecule has 13 aromatic rings. The summed E-state index contributed by atoms with van der Waals surface area (Å²) in [5.41, 5.74) is 7.84. The minimum atomic E-state index is 0.571. The second kappa shape index (κ2) is 14.1. The van der Waals surface area contributed by atoms with E-state index in [1.54, 1.807) is 0 Å². The normalized spacial score (nSPS) is 11.8. The van der Waals surface area contributed by atoms with E-state index in [1.807, 2.05) is 133 Å². The van der Waals surface area contributed by atoms with Crippen LogP contribution >= 0.6 is 11.3 Å². The van der Waals surface area contributed by atoms with Crippen LogP contribution in [0.1, 0.15) is 0 Å². The second-order valence-corrected chi connectivity index (χ2v) is 16.5. The summed E-state index contributed by atoms with van der Waals surface area (Å²) in [5, 5.41) is 7.01. The van der Waals surface area contributed by atoms with Crippen LogP contribution in [0.5, 0.6) is 0 Å². The van der Waals surface area contributed by atoms with Gasteiger partial charge in [0.1, 0.15) is 0 Å². The van der Waals surface area contributed by atoms with Gasteiger partial charge in [0.05, 0.1) is 22.1 Å². The molecule has 0 atom stereocenters. The third kappa shape index (κ3) is 5.60. The summed E-state index contributed by atoms with van der Waals surface area (Å²) < 4.78 is 6.82. The number of para-hydroxylation sites is 2. The Hall–Kier alpha value is -8.40. The highest BCUT2D eigenvalue weighted by molar-refractivity contribution is 7.27. The van der Waals surface area contributed by atoms with Gasteiger partial charge in [-0.15, -0.1) is 11.3 Å². The molecule has 8 nitrogen and oxygen atoms in total. The number of thiophene rings is 1. The largest absolute Gasteiger partial charge is 0.278 e. The minimum absolute atomic E-state index is 0.571. The lowest BCUT2D eigenvalue weighted by atomic mass is 10.1. The number of rotatable bonds is 6. The van der Waals surface area contributed by atoms with Crippen LogP contribution in [0, 0.1) is 0 Å². The molecule has 0 aliphatic carbocycles. The van der Waals surface area contributed by atoms with Crippen molar-refractivity contribution < 1.29 is 0 Å². The summed E-state index contributed by atoms with van der Waals surface area (Å²) in [5.74, 6) is 3.63. The summed E-state index contributed by atoms with van der Waals surface area (Å²) in [6.07, 6.45) is 0. The Morgan fingerprint density at radius 3 is 0.937 bits per heavy atom. The average molecular weight is 825 g/mol. The Kier molecular flexibility index (Phi) is 7.91. The summed E-state index contributed by atoms with van der Waals surface area (Å²) in [6, 6.07) is 66.7. The zero-order valence-corrected chi connectivity index (χ0v) is 34.3. The first-order valence-corrected chi connectivity index (χ1v) is 21.6. The van der Waals surface area contributed by atoms with Crippen LogP contribution in [0.3, 0.4) is 0 Å². The van der Waals surface area contributed by atoms with E-state index in [9.17, 15) is 0 Å². The van der Waals surface area contributed by atoms with Crippen LogP contribution in [0.2, 0.25) is 0 Å². The summed E-state index contributed by atoms with van der Waals surface area (Å²) in [4.78, 5) is 30.7. The molecule has 0 unspecified atom stereocenters. The number of aromatic nitrogens is 8. The Labute approximate surface area is 364 Å². The van der Waals surface area contributed by atoms with E-state index in [1.165, 1.54) is 30.9 Å². The van der Waals surface area contributed by atoms with Gasteiger partial charge >= 0.3 is 0 Å². The molecule has 8 aromatic carbocycles. The van der Waals surface area contributed by atoms with E-state index >= 15 is 0 Å². The van der Waals surface area contributed by atoms with Crippen molar-refractivity contribution in [3.63, 3.8) is 0 Å². The first-order valence-electron chi connectivity index (χ1n) is 20.8. The topological polar surface area (TPSA) is 87.2 Å². The van der Waals surface area contributed by atoms with Gasteiger partial charge in [-0.25, -0.2) is 9.97 Å². The van der Waals surface area contributed by atoms with Crippen LogP contribution in [0.15, 0.2) is 194 Å². The van der Waals surface area contributed by atoms with E-state index in [4.69, 9.17) is 29.9 Å². The number of hydrogen-bond donors (Lipinski definition) is 0. The van der Waals surface area contributed by atoms with Crippen LogP contribution in [0.4, 0.5) is 0 Å². The Balaban J connectivity index is 1.07. The van der Waals surface area contributed by atoms with Crippen molar-refractivity contribution in [1.82, 2.24) is 39.0 Å². The molecule has 5 heterocycles. The standard InChI is InChI=1S/C54H32N8S/c1-5-17-33(18-6-1)49-55-50(34-19-7-2-8-20-34)58-53(57-49)61-41-27-15-13-25-39(41)45-43(61)31-29-37-38-30-32-44-46(48(38)63-47(37)45)40-26-14-16-28-42(40)62(44)54-59-51(35-21-9-3-10-22-35)56-52(60-54)36-23-11-4-12-24-36/h1-32H. The lowest BCUT2D eigenvalue weighted by Gasteiger charge is -2.11. The number of benzene rings is 8. The molecule has 0 spiro atoms. The van der Waals surface area contributed by atoms with Crippen LogP contribution in [-0.4, -0.2) is 39.0 Å². The van der Waals surface area contributed by atoms with Crippen molar-refractivity contribution in [2.45, 2.75) is 0 Å². The Morgan fingerprint density at radius 2 is 0.587 bits per heavy atom. The van der Waals surface area contributed by atoms with Crippen molar-refractivity contribution in [3.05, 3.63) is 194 Å². The van der Waals surface area contributed by atoms with Crippen LogP contribution in [0.25, 0.3) is 121 Å². The maximum atomic E-state index is 5.18. The molecule has 0 bridgehead atoms. The molecule has 0 saturated heterocycles. The molecule has 0 aliphatic rings. The van der Waals surface area contributed by atoms with Gasteiger partial charge in [-0.2, -0.15) is 19.9 Å². The van der Waals surface area contributed by atoms with Gasteiger partial charge in [0.15, 0.2) is 23.3 Å². The van der Waals surface area contributed by atoms with Crippen molar-refractivity contribution in [2.24, 2.45) is 0 Å². The lowest BCUT2D eigenvalue weighted by molar-refractivity contribution is 0.953. The molecule has 63 heavy (non-hydrogen) atoms. The summed E-state index contributed by atoms with van der Waals surface area (Å²) in [6.45, 7) is 0. The monoisotopic (exact) mass is 824 g/mol. The molecule has 0 fully saturated rings. The number of fused-ring (bicyclic) bond motifs is 11. The second-order valence-electron chi connectivity index (χ2n) is 15.5. The smallest absolute Gasteiger partial charge is 0.238 e. The lowest BCUT2D eigenvalue weighted by Crippen LogP contribution is -2.06. The highest BCUT2D eigenvalue weighted by Gasteiger charge is 2.24. The van der Waals surface area contributed by atoms with E-state index < -0.39 is 0 Å². The number of hydrogen-bond acceptors (Lipinski definition) is 7. The quantitative estimate of drug-likeness (QED) is 0.166. The molecule has 9 heteroatoms. The summed E-state index contributed by atoms with van der Waals surface area (Å²) in [7, 11) is 0. The van der Waals surface area contributed by atoms with Crippen LogP contribution in [-0.2, 0) is 0 Å². The van der Waals surface area contributed by atoms with Crippen molar-refractivity contribution in [1.29, 1.82) is 0 Å². The van der Waals surface area contributed by atoms with Gasteiger partial charge in [0.2, 0.25) is 11.9 Å². The predicted molar refractivity (Wildman–Crippen MR) is 257 cm³/mol. The van der Waals surface area contributed by atoms with Crippen molar-refractivity contribution >= 4 is 75.1 Å². The van der Waals surface area contributed by atoms with Crippen molar-refractivity contribution in [2.75, 3.05) is 0 Å². The van der Waals surface area contributed by atoms with Gasteiger partial charge in [-0.05, 0) is 24.3 Å². The van der Waals surface area contributed by atoms with E-state index in [2.05, 4.69) is 81.9 Å². The fourth-order valence-corrected chi connectivity index (χ4v) is 10.4. The molecule has 0 amide bonds. The average Bonchev–Trinajstić information content (AvgIpc) is 4.02. The highest BCUT2D eigenvalue weighted by Crippen LogP contribution is 2.47. The van der Waals surface area contributed by atoms with Gasteiger partial charge in [-0.1, -0.05) is 170 Å². The van der Waals surface area contributed by atoms with Crippen molar-refractivity contribution in [3.8, 4) is 57.4 Å². The molecule has 5 aromatic heterocycles. The summed E-state index contributed by atoms with van der Waals surface area (Å²) >= 11 is 1.83. The zero-order valence-electron chi connectivity index (χ0n) is 33.5. The van der Waals surface area contributed by atoms with E-state index in [-0.39, 0.29) is 0 Å². The van der Waals surface area contributed by atoms with E-state index in [0.717, 1.165) is 55.1 Å². The molecule has 0 N–H and O–H groups in total. The minimum Gasteiger partial charge on any atom is -0.278 e. The molecule has 0 radical (unpaired) electrons. The van der Waals surface area contributed by atoms with E-state index in [0.29, 0.717) is 35.2 Å². The Bertz CT molecular complexity index is 3530. The third-order valence-corrected chi connectivity index (χ3v) is 13.1. The van der Waals surface area contributed by atoms with Gasteiger partial charge in [0, 0.05) is 64.0 Å². The maximum absolute atomic E-state index is 5.18. The molecular formula is C54H32N8S. The molecule has 0 aliphatic heterocycles. The molecule has 0 saturated carbocycles. The van der Waals surface area contributed by atoms with Crippen LogP contribution < -0.4 is 0 Å². The predicted octanol–water partition coefficient (Wildman–Crippen LogP) is 13.3. The SMILES string of the molecule is c1ccc(-c2nc(-c3ccccc3)nc(-n3c4ccccc4c4c5sc6c(ccc7c6c6ccccc6n7-c6nc(-c7ccccc7)nc(-c7ccccc7)n6)c5ccc43)n2)cc1. The molecule has 13 rings (SSSR count). The fraction of sp³-hybridized carbons (Fsp3) is 0. The first kappa shape index (κ1) is 35.4. The highest BCUT2D eigenvalue weighted by atomic mass is 32.1. The third-order valence-electron chi connectivity index (χ3n) is 11.9. The number of nitrogens with zero attached hydrogens (tertiary/aromatic N) is 8.